The number of aromatic hydroxyl groups is 1. The van der Waals surface area contributed by atoms with Gasteiger partial charge in [0, 0.05) is 18.0 Å². The molecule has 1 fully saturated rings. The number of halogens is 3. The molecule has 6 heteroatoms. The highest BCUT2D eigenvalue weighted by atomic mass is 19.4. The highest BCUT2D eigenvalue weighted by Crippen LogP contribution is 2.29. The molecule has 0 atom stereocenters. The maximum Gasteiger partial charge on any atom is 0.416 e. The summed E-state index contributed by atoms with van der Waals surface area (Å²) in [4.78, 5) is 14.7. The molecule has 3 rings (SSSR count). The largest absolute Gasteiger partial charge is 0.508 e. The van der Waals surface area contributed by atoms with E-state index in [1.165, 1.54) is 24.3 Å². The van der Waals surface area contributed by atoms with Crippen LogP contribution < -0.4 is 0 Å². The minimum atomic E-state index is -4.31. The summed E-state index contributed by atoms with van der Waals surface area (Å²) in [6, 6.07) is 11.5. The van der Waals surface area contributed by atoms with Gasteiger partial charge < -0.3 is 5.11 Å². The first-order valence-corrected chi connectivity index (χ1v) is 8.54. The van der Waals surface area contributed by atoms with E-state index in [4.69, 9.17) is 0 Å². The van der Waals surface area contributed by atoms with Crippen molar-refractivity contribution in [3.8, 4) is 5.75 Å². The molecule has 0 spiro atoms. The van der Waals surface area contributed by atoms with Gasteiger partial charge in [-0.05, 0) is 67.9 Å². The van der Waals surface area contributed by atoms with Crippen LogP contribution in [0.25, 0.3) is 0 Å². The van der Waals surface area contributed by atoms with Crippen LogP contribution >= 0.6 is 0 Å². The van der Waals surface area contributed by atoms with Crippen LogP contribution in [0, 0.1) is 5.92 Å². The molecule has 1 heterocycles. The van der Waals surface area contributed by atoms with Crippen molar-refractivity contribution in [1.82, 2.24) is 4.90 Å². The molecule has 0 saturated carbocycles. The van der Waals surface area contributed by atoms with Crippen molar-refractivity contribution in [2.75, 3.05) is 13.1 Å². The summed E-state index contributed by atoms with van der Waals surface area (Å²) in [5, 5.41) is 9.30. The Labute approximate surface area is 150 Å². The number of rotatable bonds is 4. The smallest absolute Gasteiger partial charge is 0.416 e. The van der Waals surface area contributed by atoms with E-state index < -0.39 is 11.7 Å². The van der Waals surface area contributed by atoms with Crippen molar-refractivity contribution in [3.05, 3.63) is 65.2 Å². The van der Waals surface area contributed by atoms with Gasteiger partial charge >= 0.3 is 6.18 Å². The van der Waals surface area contributed by atoms with E-state index in [0.717, 1.165) is 43.6 Å². The van der Waals surface area contributed by atoms with Crippen molar-refractivity contribution in [2.24, 2.45) is 5.92 Å². The predicted octanol–water partition coefficient (Wildman–Crippen LogP) is 4.51. The highest BCUT2D eigenvalue weighted by molar-refractivity contribution is 5.98. The number of piperidine rings is 1. The van der Waals surface area contributed by atoms with Gasteiger partial charge in [0.05, 0.1) is 5.56 Å². The number of carbonyl (C=O) groups is 1. The lowest BCUT2D eigenvalue weighted by Crippen LogP contribution is -2.35. The third kappa shape index (κ3) is 4.43. The lowest BCUT2D eigenvalue weighted by molar-refractivity contribution is -0.137. The first-order chi connectivity index (χ1) is 12.3. The Hall–Kier alpha value is -2.34. The zero-order valence-corrected chi connectivity index (χ0v) is 14.2. The van der Waals surface area contributed by atoms with Crippen LogP contribution in [0.1, 0.15) is 34.3 Å². The molecule has 0 amide bonds. The second-order valence-corrected chi connectivity index (χ2v) is 6.66. The summed E-state index contributed by atoms with van der Waals surface area (Å²) in [6.45, 7) is 2.04. The number of Topliss-reactive ketones (excluding diaryl/α,β-unsaturated/α-hetero) is 1. The number of hydrogen-bond donors (Lipinski definition) is 1. The van der Waals surface area contributed by atoms with Crippen LogP contribution in [0.4, 0.5) is 13.2 Å². The highest BCUT2D eigenvalue weighted by Gasteiger charge is 2.30. The van der Waals surface area contributed by atoms with Crippen molar-refractivity contribution in [2.45, 2.75) is 25.6 Å². The molecule has 3 nitrogen and oxygen atoms in total. The molecular formula is C20H20F3NO2. The van der Waals surface area contributed by atoms with E-state index in [1.807, 2.05) is 0 Å². The van der Waals surface area contributed by atoms with Crippen LogP contribution in [0.5, 0.6) is 5.75 Å². The molecule has 1 aliphatic heterocycles. The molecule has 1 N–H and O–H groups in total. The van der Waals surface area contributed by atoms with E-state index >= 15 is 0 Å². The number of nitrogens with zero attached hydrogens (tertiary/aromatic N) is 1. The molecule has 0 bridgehead atoms. The number of alkyl halides is 3. The van der Waals surface area contributed by atoms with E-state index in [1.54, 1.807) is 12.1 Å². The minimum absolute atomic E-state index is 0.0524. The van der Waals surface area contributed by atoms with E-state index in [0.29, 0.717) is 12.1 Å². The van der Waals surface area contributed by atoms with Gasteiger partial charge in [-0.3, -0.25) is 9.69 Å². The molecule has 138 valence electrons. The number of phenolic OH excluding ortho intramolecular Hbond substituents is 1. The van der Waals surface area contributed by atoms with Crippen LogP contribution in [-0.4, -0.2) is 28.9 Å². The van der Waals surface area contributed by atoms with Crippen LogP contribution in [0.3, 0.4) is 0 Å². The molecule has 1 saturated heterocycles. The molecule has 0 aromatic heterocycles. The Morgan fingerprint density at radius 2 is 1.58 bits per heavy atom. The van der Waals surface area contributed by atoms with Gasteiger partial charge in [0.25, 0.3) is 0 Å². The Morgan fingerprint density at radius 3 is 2.12 bits per heavy atom. The van der Waals surface area contributed by atoms with E-state index in [-0.39, 0.29) is 17.5 Å². The van der Waals surface area contributed by atoms with Crippen molar-refractivity contribution in [1.29, 1.82) is 0 Å². The fourth-order valence-electron chi connectivity index (χ4n) is 3.27. The molecule has 0 radical (unpaired) electrons. The first kappa shape index (κ1) is 18.5. The topological polar surface area (TPSA) is 40.5 Å². The summed E-state index contributed by atoms with van der Waals surface area (Å²) in [6.07, 6.45) is -2.87. The fraction of sp³-hybridized carbons (Fsp3) is 0.350. The maximum atomic E-state index is 12.6. The van der Waals surface area contributed by atoms with Gasteiger partial charge in [-0.15, -0.1) is 0 Å². The third-order valence-corrected chi connectivity index (χ3v) is 4.80. The van der Waals surface area contributed by atoms with Gasteiger partial charge in [-0.2, -0.15) is 13.2 Å². The Bertz CT molecular complexity index is 746. The standard InChI is InChI=1S/C20H20F3NO2/c21-20(22,23)17-5-1-14(2-6-17)13-24-11-9-16(10-12-24)19(26)15-3-7-18(25)8-4-15/h1-8,16,25H,9-13H2. The summed E-state index contributed by atoms with van der Waals surface area (Å²) < 4.78 is 37.8. The first-order valence-electron chi connectivity index (χ1n) is 8.54. The molecule has 0 aliphatic carbocycles. The molecule has 0 unspecified atom stereocenters. The zero-order valence-electron chi connectivity index (χ0n) is 14.2. The van der Waals surface area contributed by atoms with Gasteiger partial charge in [0.2, 0.25) is 0 Å². The number of phenols is 1. The lowest BCUT2D eigenvalue weighted by atomic mass is 9.88. The molecule has 1 aliphatic rings. The number of benzene rings is 2. The van der Waals surface area contributed by atoms with Crippen LogP contribution in [0.2, 0.25) is 0 Å². The number of likely N-dealkylation sites (tertiary alicyclic amines) is 1. The zero-order chi connectivity index (χ0) is 18.7. The monoisotopic (exact) mass is 363 g/mol. The van der Waals surface area contributed by atoms with E-state index in [9.17, 15) is 23.1 Å². The van der Waals surface area contributed by atoms with Crippen LogP contribution in [-0.2, 0) is 12.7 Å². The molecular weight excluding hydrogens is 343 g/mol. The average molecular weight is 363 g/mol. The van der Waals surface area contributed by atoms with Crippen molar-refractivity contribution in [3.63, 3.8) is 0 Å². The second-order valence-electron chi connectivity index (χ2n) is 6.66. The third-order valence-electron chi connectivity index (χ3n) is 4.80. The quantitative estimate of drug-likeness (QED) is 0.813. The molecule has 26 heavy (non-hydrogen) atoms. The maximum absolute atomic E-state index is 12.6. The molecule has 2 aromatic rings. The SMILES string of the molecule is O=C(c1ccc(O)cc1)C1CCN(Cc2ccc(C(F)(F)F)cc2)CC1. The summed E-state index contributed by atoms with van der Waals surface area (Å²) >= 11 is 0. The number of hydrogen-bond acceptors (Lipinski definition) is 3. The van der Waals surface area contributed by atoms with Gasteiger partial charge in [0.1, 0.15) is 5.75 Å². The van der Waals surface area contributed by atoms with Crippen LogP contribution in [0.15, 0.2) is 48.5 Å². The predicted molar refractivity (Wildman–Crippen MR) is 91.9 cm³/mol. The summed E-state index contributed by atoms with van der Waals surface area (Å²) in [7, 11) is 0. The van der Waals surface area contributed by atoms with E-state index in [2.05, 4.69) is 4.90 Å². The van der Waals surface area contributed by atoms with Gasteiger partial charge in [-0.25, -0.2) is 0 Å². The van der Waals surface area contributed by atoms with Crippen molar-refractivity contribution < 1.29 is 23.1 Å². The molecule has 2 aromatic carbocycles. The Kier molecular flexibility index (Phi) is 5.32. The Balaban J connectivity index is 1.53. The lowest BCUT2D eigenvalue weighted by Gasteiger charge is -2.31. The number of ketones is 1. The van der Waals surface area contributed by atoms with Gasteiger partial charge in [-0.1, -0.05) is 12.1 Å². The Morgan fingerprint density at radius 1 is 1.00 bits per heavy atom. The summed E-state index contributed by atoms with van der Waals surface area (Å²) in [5.74, 6) is 0.162. The second kappa shape index (κ2) is 7.50. The average Bonchev–Trinajstić information content (AvgIpc) is 2.62. The fourth-order valence-corrected chi connectivity index (χ4v) is 3.27. The van der Waals surface area contributed by atoms with Gasteiger partial charge in [0.15, 0.2) is 5.78 Å². The minimum Gasteiger partial charge on any atom is -0.508 e. The summed E-state index contributed by atoms with van der Waals surface area (Å²) in [5.41, 5.74) is 0.796. The van der Waals surface area contributed by atoms with Crippen molar-refractivity contribution >= 4 is 5.78 Å². The normalized spacial score (nSPS) is 16.6. The number of carbonyl (C=O) groups excluding carboxylic acids is 1.